The number of hydrogen-bond acceptors (Lipinski definition) is 3. The van der Waals surface area contributed by atoms with Gasteiger partial charge in [-0.15, -0.1) is 0 Å². The van der Waals surface area contributed by atoms with Crippen LogP contribution in [-0.4, -0.2) is 20.7 Å². The van der Waals surface area contributed by atoms with E-state index in [1.807, 2.05) is 0 Å². The van der Waals surface area contributed by atoms with Crippen LogP contribution in [0.3, 0.4) is 0 Å². The van der Waals surface area contributed by atoms with Gasteiger partial charge in [0.2, 0.25) is 0 Å². The molecule has 0 fully saturated rings. The van der Waals surface area contributed by atoms with E-state index in [2.05, 4.69) is 0 Å². The van der Waals surface area contributed by atoms with Gasteiger partial charge in [-0.25, -0.2) is 8.42 Å². The summed E-state index contributed by atoms with van der Waals surface area (Å²) in [5.74, 6) is -0.0104. The van der Waals surface area contributed by atoms with Crippen LogP contribution in [0.25, 0.3) is 0 Å². The molecule has 0 aliphatic carbocycles. The Morgan fingerprint density at radius 1 is 1.27 bits per heavy atom. The summed E-state index contributed by atoms with van der Waals surface area (Å²) in [6, 6.07) is 4.38. The van der Waals surface area contributed by atoms with E-state index in [1.54, 1.807) is 6.07 Å². The van der Waals surface area contributed by atoms with Crippen LogP contribution in [0, 0.1) is 0 Å². The minimum absolute atomic E-state index is 0.0104. The monoisotopic (exact) mass is 267 g/mol. The number of benzene rings is 1. The summed E-state index contributed by atoms with van der Waals surface area (Å²) in [5, 5.41) is 0.544. The third-order valence-corrected chi connectivity index (χ3v) is 4.36. The molecule has 84 valence electrons. The molecule has 0 aliphatic heterocycles. The molecule has 1 aromatic rings. The van der Waals surface area contributed by atoms with Gasteiger partial charge in [-0.05, 0) is 31.2 Å². The lowest BCUT2D eigenvalue weighted by Crippen LogP contribution is -2.11. The second-order valence-electron chi connectivity index (χ2n) is 3.04. The Kier molecular flexibility index (Phi) is 4.40. The van der Waals surface area contributed by atoms with Crippen molar-refractivity contribution >= 4 is 33.0 Å². The predicted molar refractivity (Wildman–Crippen MR) is 62.2 cm³/mol. The molecule has 0 saturated heterocycles. The van der Waals surface area contributed by atoms with Crippen molar-refractivity contribution in [2.24, 2.45) is 5.73 Å². The Labute approximate surface area is 99.1 Å². The highest BCUT2D eigenvalue weighted by atomic mass is 35.5. The number of nitrogens with two attached hydrogens (primary N) is 1. The molecule has 0 heterocycles. The summed E-state index contributed by atoms with van der Waals surface area (Å²) >= 11 is 11.5. The van der Waals surface area contributed by atoms with Crippen molar-refractivity contribution in [3.8, 4) is 0 Å². The van der Waals surface area contributed by atoms with Crippen molar-refractivity contribution in [1.82, 2.24) is 0 Å². The van der Waals surface area contributed by atoms with Crippen LogP contribution in [0.4, 0.5) is 0 Å². The van der Waals surface area contributed by atoms with Crippen LogP contribution in [0.5, 0.6) is 0 Å². The molecule has 0 atom stereocenters. The SMILES string of the molecule is NCCCS(=O)(=O)c1cc(Cl)ccc1Cl. The summed E-state index contributed by atoms with van der Waals surface area (Å²) in [4.78, 5) is 0.0742. The molecule has 0 bridgehead atoms. The lowest BCUT2D eigenvalue weighted by atomic mass is 10.4. The average molecular weight is 268 g/mol. The van der Waals surface area contributed by atoms with E-state index < -0.39 is 9.84 Å². The van der Waals surface area contributed by atoms with Gasteiger partial charge in [-0.1, -0.05) is 23.2 Å². The number of sulfone groups is 1. The van der Waals surface area contributed by atoms with Crippen LogP contribution >= 0.6 is 23.2 Å². The van der Waals surface area contributed by atoms with Gasteiger partial charge in [0.15, 0.2) is 9.84 Å². The second kappa shape index (κ2) is 5.16. The smallest absolute Gasteiger partial charge is 0.179 e. The quantitative estimate of drug-likeness (QED) is 0.909. The molecule has 1 rings (SSSR count). The number of halogens is 2. The summed E-state index contributed by atoms with van der Waals surface area (Å²) in [5.41, 5.74) is 5.26. The molecular formula is C9H11Cl2NO2S. The topological polar surface area (TPSA) is 60.2 Å². The van der Waals surface area contributed by atoms with Gasteiger partial charge >= 0.3 is 0 Å². The summed E-state index contributed by atoms with van der Waals surface area (Å²) in [7, 11) is -3.37. The lowest BCUT2D eigenvalue weighted by molar-refractivity contribution is 0.593. The van der Waals surface area contributed by atoms with Crippen molar-refractivity contribution < 1.29 is 8.42 Å². The zero-order valence-corrected chi connectivity index (χ0v) is 10.2. The molecule has 15 heavy (non-hydrogen) atoms. The summed E-state index contributed by atoms with van der Waals surface area (Å²) in [6.45, 7) is 0.331. The fraction of sp³-hybridized carbons (Fsp3) is 0.333. The van der Waals surface area contributed by atoms with Gasteiger partial charge in [0, 0.05) is 5.02 Å². The first-order valence-electron chi connectivity index (χ1n) is 4.35. The molecule has 0 saturated carbocycles. The average Bonchev–Trinajstić information content (AvgIpc) is 2.18. The third-order valence-electron chi connectivity index (χ3n) is 1.85. The Bertz CT molecular complexity index is 445. The van der Waals surface area contributed by atoms with Crippen molar-refractivity contribution in [2.45, 2.75) is 11.3 Å². The van der Waals surface area contributed by atoms with E-state index in [-0.39, 0.29) is 15.7 Å². The summed E-state index contributed by atoms with van der Waals surface area (Å²) in [6.07, 6.45) is 0.408. The van der Waals surface area contributed by atoms with Crippen LogP contribution in [0.2, 0.25) is 10.0 Å². The van der Waals surface area contributed by atoms with Crippen LogP contribution < -0.4 is 5.73 Å². The van der Waals surface area contributed by atoms with Gasteiger partial charge in [-0.3, -0.25) is 0 Å². The van der Waals surface area contributed by atoms with Crippen molar-refractivity contribution in [3.63, 3.8) is 0 Å². The molecule has 1 aromatic carbocycles. The van der Waals surface area contributed by atoms with E-state index in [0.717, 1.165) is 0 Å². The molecule has 0 spiro atoms. The van der Waals surface area contributed by atoms with E-state index in [1.165, 1.54) is 12.1 Å². The highest BCUT2D eigenvalue weighted by molar-refractivity contribution is 7.91. The lowest BCUT2D eigenvalue weighted by Gasteiger charge is -2.05. The van der Waals surface area contributed by atoms with Gasteiger partial charge in [0.1, 0.15) is 0 Å². The van der Waals surface area contributed by atoms with Gasteiger partial charge in [-0.2, -0.15) is 0 Å². The van der Waals surface area contributed by atoms with Crippen LogP contribution in [0.15, 0.2) is 23.1 Å². The highest BCUT2D eigenvalue weighted by Crippen LogP contribution is 2.26. The molecule has 0 aromatic heterocycles. The molecule has 0 radical (unpaired) electrons. The van der Waals surface area contributed by atoms with E-state index in [0.29, 0.717) is 18.0 Å². The van der Waals surface area contributed by atoms with Gasteiger partial charge < -0.3 is 5.73 Å². The Hall–Kier alpha value is -0.290. The van der Waals surface area contributed by atoms with Crippen LogP contribution in [0.1, 0.15) is 6.42 Å². The minimum Gasteiger partial charge on any atom is -0.330 e. The summed E-state index contributed by atoms with van der Waals surface area (Å²) < 4.78 is 23.5. The van der Waals surface area contributed by atoms with Gasteiger partial charge in [0.05, 0.1) is 15.7 Å². The zero-order valence-electron chi connectivity index (χ0n) is 7.91. The number of rotatable bonds is 4. The molecule has 2 N–H and O–H groups in total. The maximum absolute atomic E-state index is 11.8. The predicted octanol–water partition coefficient (Wildman–Crippen LogP) is 2.12. The number of hydrogen-bond donors (Lipinski definition) is 1. The van der Waals surface area contributed by atoms with E-state index >= 15 is 0 Å². The van der Waals surface area contributed by atoms with Crippen molar-refractivity contribution in [3.05, 3.63) is 28.2 Å². The van der Waals surface area contributed by atoms with Crippen LogP contribution in [-0.2, 0) is 9.84 Å². The molecule has 0 unspecified atom stereocenters. The minimum atomic E-state index is -3.37. The first kappa shape index (κ1) is 12.8. The van der Waals surface area contributed by atoms with E-state index in [9.17, 15) is 8.42 Å². The first-order chi connectivity index (χ1) is 6.97. The Morgan fingerprint density at radius 2 is 1.93 bits per heavy atom. The van der Waals surface area contributed by atoms with E-state index in [4.69, 9.17) is 28.9 Å². The normalized spacial score (nSPS) is 11.7. The zero-order chi connectivity index (χ0) is 11.5. The molecule has 6 heteroatoms. The molecule has 3 nitrogen and oxygen atoms in total. The molecule has 0 amide bonds. The maximum Gasteiger partial charge on any atom is 0.179 e. The first-order valence-corrected chi connectivity index (χ1v) is 6.76. The second-order valence-corrected chi connectivity index (χ2v) is 5.96. The Balaban J connectivity index is 3.09. The standard InChI is InChI=1S/C9H11Cl2NO2S/c10-7-2-3-8(11)9(6-7)15(13,14)5-1-4-12/h2-3,6H,1,4-5,12H2. The fourth-order valence-corrected chi connectivity index (χ4v) is 3.24. The largest absolute Gasteiger partial charge is 0.330 e. The van der Waals surface area contributed by atoms with Gasteiger partial charge in [0.25, 0.3) is 0 Å². The third kappa shape index (κ3) is 3.34. The van der Waals surface area contributed by atoms with Crippen molar-refractivity contribution in [1.29, 1.82) is 0 Å². The highest BCUT2D eigenvalue weighted by Gasteiger charge is 2.17. The molecular weight excluding hydrogens is 257 g/mol. The van der Waals surface area contributed by atoms with Crippen molar-refractivity contribution in [2.75, 3.05) is 12.3 Å². The molecule has 0 aliphatic rings. The fourth-order valence-electron chi connectivity index (χ4n) is 1.10. The maximum atomic E-state index is 11.8. The Morgan fingerprint density at radius 3 is 2.53 bits per heavy atom.